The molecule has 8 nitrogen and oxygen atoms in total. The maximum atomic E-state index is 12.8. The Bertz CT molecular complexity index is 1090. The van der Waals surface area contributed by atoms with Gasteiger partial charge in [-0.1, -0.05) is 0 Å². The van der Waals surface area contributed by atoms with Gasteiger partial charge >= 0.3 is 0 Å². The SMILES string of the molecule is Cc1oc(-n2cccc2)c(C#N)c1C(=O)Nc1ccc(N2CCNC(=O)C2)cc1. The normalized spacial score (nSPS) is 13.7. The van der Waals surface area contributed by atoms with Crippen LogP contribution in [0.5, 0.6) is 0 Å². The Kier molecular flexibility index (Phi) is 4.79. The minimum atomic E-state index is -0.411. The molecule has 1 aromatic carbocycles. The number of furan rings is 1. The number of hydrogen-bond acceptors (Lipinski definition) is 5. The molecule has 0 bridgehead atoms. The molecule has 3 aromatic rings. The van der Waals surface area contributed by atoms with Crippen molar-refractivity contribution in [1.82, 2.24) is 9.88 Å². The average Bonchev–Trinajstić information content (AvgIpc) is 3.35. The Morgan fingerprint density at radius 3 is 2.62 bits per heavy atom. The van der Waals surface area contributed by atoms with E-state index in [0.717, 1.165) is 12.2 Å². The summed E-state index contributed by atoms with van der Waals surface area (Å²) in [5.41, 5.74) is 1.90. The van der Waals surface area contributed by atoms with Crippen LogP contribution in [0.4, 0.5) is 11.4 Å². The Hall–Kier alpha value is -3.99. The number of carbonyl (C=O) groups is 2. The summed E-state index contributed by atoms with van der Waals surface area (Å²) in [5.74, 6) is 0.274. The zero-order chi connectivity index (χ0) is 20.4. The summed E-state index contributed by atoms with van der Waals surface area (Å²) in [6.07, 6.45) is 3.50. The molecule has 0 aliphatic carbocycles. The lowest BCUT2D eigenvalue weighted by atomic mass is 10.1. The van der Waals surface area contributed by atoms with Crippen LogP contribution in [0.25, 0.3) is 5.88 Å². The second-order valence-corrected chi connectivity index (χ2v) is 6.69. The molecule has 0 spiro atoms. The second kappa shape index (κ2) is 7.56. The number of anilines is 2. The van der Waals surface area contributed by atoms with Gasteiger partial charge < -0.3 is 20.0 Å². The third-order valence-corrected chi connectivity index (χ3v) is 4.77. The first-order valence-electron chi connectivity index (χ1n) is 9.16. The molecule has 0 radical (unpaired) electrons. The van der Waals surface area contributed by atoms with Crippen molar-refractivity contribution in [1.29, 1.82) is 5.26 Å². The third-order valence-electron chi connectivity index (χ3n) is 4.77. The summed E-state index contributed by atoms with van der Waals surface area (Å²) < 4.78 is 7.34. The molecule has 0 saturated carbocycles. The fourth-order valence-electron chi connectivity index (χ4n) is 3.37. The average molecular weight is 389 g/mol. The fraction of sp³-hybridized carbons (Fsp3) is 0.190. The van der Waals surface area contributed by atoms with Gasteiger partial charge in [0, 0.05) is 36.9 Å². The zero-order valence-corrected chi connectivity index (χ0v) is 15.8. The highest BCUT2D eigenvalue weighted by Crippen LogP contribution is 2.27. The van der Waals surface area contributed by atoms with Crippen molar-refractivity contribution >= 4 is 23.2 Å². The molecule has 2 N–H and O–H groups in total. The summed E-state index contributed by atoms with van der Waals surface area (Å²) in [6.45, 7) is 3.32. The number of aromatic nitrogens is 1. The molecular formula is C21H19N5O3. The number of nitrogens with one attached hydrogen (secondary N) is 2. The predicted octanol–water partition coefficient (Wildman–Crippen LogP) is 2.44. The molecular weight excluding hydrogens is 370 g/mol. The summed E-state index contributed by atoms with van der Waals surface area (Å²) >= 11 is 0. The highest BCUT2D eigenvalue weighted by molar-refractivity contribution is 6.07. The van der Waals surface area contributed by atoms with Crippen LogP contribution in [-0.2, 0) is 4.79 Å². The summed E-state index contributed by atoms with van der Waals surface area (Å²) in [5, 5.41) is 15.2. The lowest BCUT2D eigenvalue weighted by Crippen LogP contribution is -2.47. The van der Waals surface area contributed by atoms with Gasteiger partial charge in [0.2, 0.25) is 11.8 Å². The number of carbonyl (C=O) groups excluding carboxylic acids is 2. The van der Waals surface area contributed by atoms with Crippen molar-refractivity contribution in [2.75, 3.05) is 29.9 Å². The van der Waals surface area contributed by atoms with Crippen LogP contribution >= 0.6 is 0 Å². The van der Waals surface area contributed by atoms with Crippen molar-refractivity contribution in [2.45, 2.75) is 6.92 Å². The molecule has 29 heavy (non-hydrogen) atoms. The first-order chi connectivity index (χ1) is 14.1. The lowest BCUT2D eigenvalue weighted by molar-refractivity contribution is -0.120. The van der Waals surface area contributed by atoms with E-state index in [0.29, 0.717) is 30.4 Å². The minimum Gasteiger partial charge on any atom is -0.443 e. The van der Waals surface area contributed by atoms with Gasteiger partial charge in [0.1, 0.15) is 23.0 Å². The Balaban J connectivity index is 1.54. The molecule has 146 valence electrons. The molecule has 2 aromatic heterocycles. The van der Waals surface area contributed by atoms with Crippen LogP contribution in [0, 0.1) is 18.3 Å². The molecule has 1 aliphatic heterocycles. The highest BCUT2D eigenvalue weighted by atomic mass is 16.4. The number of nitriles is 1. The van der Waals surface area contributed by atoms with Gasteiger partial charge in [0.25, 0.3) is 5.91 Å². The number of aryl methyl sites for hydroxylation is 1. The summed E-state index contributed by atoms with van der Waals surface area (Å²) in [4.78, 5) is 26.4. The van der Waals surface area contributed by atoms with Gasteiger partial charge in [-0.3, -0.25) is 14.2 Å². The molecule has 3 heterocycles. The van der Waals surface area contributed by atoms with Crippen molar-refractivity contribution in [3.63, 3.8) is 0 Å². The van der Waals surface area contributed by atoms with Crippen LogP contribution < -0.4 is 15.5 Å². The van der Waals surface area contributed by atoms with Crippen LogP contribution in [-0.4, -0.2) is 36.0 Å². The Labute approximate surface area is 167 Å². The highest BCUT2D eigenvalue weighted by Gasteiger charge is 2.24. The third kappa shape index (κ3) is 3.58. The molecule has 2 amide bonds. The van der Waals surface area contributed by atoms with Crippen LogP contribution in [0.1, 0.15) is 21.7 Å². The van der Waals surface area contributed by atoms with Gasteiger partial charge in [-0.25, -0.2) is 0 Å². The monoisotopic (exact) mass is 389 g/mol. The van der Waals surface area contributed by atoms with Gasteiger partial charge in [-0.05, 0) is 43.3 Å². The fourth-order valence-corrected chi connectivity index (χ4v) is 3.37. The maximum absolute atomic E-state index is 12.8. The number of piperazine rings is 1. The molecule has 8 heteroatoms. The van der Waals surface area contributed by atoms with Crippen molar-refractivity contribution < 1.29 is 14.0 Å². The van der Waals surface area contributed by atoms with E-state index in [2.05, 4.69) is 16.7 Å². The van der Waals surface area contributed by atoms with E-state index in [1.165, 1.54) is 0 Å². The zero-order valence-electron chi connectivity index (χ0n) is 15.8. The minimum absolute atomic E-state index is 0.00779. The molecule has 1 saturated heterocycles. The summed E-state index contributed by atoms with van der Waals surface area (Å²) in [6, 6.07) is 13.0. The Morgan fingerprint density at radius 1 is 1.24 bits per heavy atom. The standard InChI is InChI=1S/C21H19N5O3/c1-14-19(17(12-22)21(29-14)25-9-2-3-10-25)20(28)24-15-4-6-16(7-5-15)26-11-8-23-18(27)13-26/h2-7,9-10H,8,11,13H2,1H3,(H,23,27)(H,24,28). The van der Waals surface area contributed by atoms with Gasteiger partial charge in [-0.2, -0.15) is 5.26 Å². The van der Waals surface area contributed by atoms with E-state index in [1.54, 1.807) is 36.0 Å². The van der Waals surface area contributed by atoms with E-state index in [-0.39, 0.29) is 17.0 Å². The predicted molar refractivity (Wildman–Crippen MR) is 107 cm³/mol. The summed E-state index contributed by atoms with van der Waals surface area (Å²) in [7, 11) is 0. The molecule has 1 fully saturated rings. The largest absolute Gasteiger partial charge is 0.443 e. The van der Waals surface area contributed by atoms with Crippen molar-refractivity contribution in [3.8, 4) is 12.0 Å². The molecule has 0 atom stereocenters. The smallest absolute Gasteiger partial charge is 0.260 e. The van der Waals surface area contributed by atoms with Gasteiger partial charge in [-0.15, -0.1) is 0 Å². The van der Waals surface area contributed by atoms with E-state index in [1.807, 2.05) is 29.2 Å². The maximum Gasteiger partial charge on any atom is 0.260 e. The van der Waals surface area contributed by atoms with Crippen LogP contribution in [0.15, 0.2) is 53.2 Å². The Morgan fingerprint density at radius 2 is 1.97 bits per heavy atom. The van der Waals surface area contributed by atoms with Crippen LogP contribution in [0.2, 0.25) is 0 Å². The van der Waals surface area contributed by atoms with Gasteiger partial charge in [0.15, 0.2) is 0 Å². The molecule has 1 aliphatic rings. The number of rotatable bonds is 4. The number of hydrogen-bond donors (Lipinski definition) is 2. The quantitative estimate of drug-likeness (QED) is 0.713. The van der Waals surface area contributed by atoms with Crippen molar-refractivity contribution in [3.05, 3.63) is 65.7 Å². The first-order valence-corrected chi connectivity index (χ1v) is 9.16. The van der Waals surface area contributed by atoms with Gasteiger partial charge in [0.05, 0.1) is 6.54 Å². The topological polar surface area (TPSA) is 103 Å². The first kappa shape index (κ1) is 18.4. The van der Waals surface area contributed by atoms with E-state index < -0.39 is 5.91 Å². The van der Waals surface area contributed by atoms with E-state index in [9.17, 15) is 14.9 Å². The number of amides is 2. The van der Waals surface area contributed by atoms with E-state index >= 15 is 0 Å². The molecule has 4 rings (SSSR count). The van der Waals surface area contributed by atoms with Crippen LogP contribution in [0.3, 0.4) is 0 Å². The van der Waals surface area contributed by atoms with Crippen molar-refractivity contribution in [2.24, 2.45) is 0 Å². The number of benzene rings is 1. The number of nitrogens with zero attached hydrogens (tertiary/aromatic N) is 3. The van der Waals surface area contributed by atoms with E-state index in [4.69, 9.17) is 4.42 Å². The second-order valence-electron chi connectivity index (χ2n) is 6.69. The molecule has 0 unspecified atom stereocenters. The lowest BCUT2D eigenvalue weighted by Gasteiger charge is -2.28.